The summed E-state index contributed by atoms with van der Waals surface area (Å²) in [5.41, 5.74) is 3.07. The lowest BCUT2D eigenvalue weighted by atomic mass is 10.1. The van der Waals surface area contributed by atoms with Gasteiger partial charge in [-0.3, -0.25) is 14.7 Å². The number of carbonyl (C=O) groups is 2. The maximum absolute atomic E-state index is 13.0. The van der Waals surface area contributed by atoms with E-state index in [4.69, 9.17) is 0 Å². The van der Waals surface area contributed by atoms with Gasteiger partial charge in [0.1, 0.15) is 5.82 Å². The molecule has 2 amide bonds. The van der Waals surface area contributed by atoms with E-state index < -0.39 is 0 Å². The topological polar surface area (TPSA) is 78.1 Å². The van der Waals surface area contributed by atoms with E-state index in [0.717, 1.165) is 29.8 Å². The van der Waals surface area contributed by atoms with Crippen molar-refractivity contribution in [1.29, 1.82) is 0 Å². The van der Waals surface area contributed by atoms with Crippen LogP contribution in [0.3, 0.4) is 0 Å². The second-order valence-corrected chi connectivity index (χ2v) is 6.75. The quantitative estimate of drug-likeness (QED) is 0.616. The number of amides is 2. The van der Waals surface area contributed by atoms with Gasteiger partial charge in [0.15, 0.2) is 0 Å². The molecule has 0 bridgehead atoms. The first-order valence-corrected chi connectivity index (χ1v) is 9.40. The van der Waals surface area contributed by atoms with Gasteiger partial charge < -0.3 is 10.2 Å². The van der Waals surface area contributed by atoms with Gasteiger partial charge in [-0.05, 0) is 55.3 Å². The highest BCUT2D eigenvalue weighted by atomic mass is 19.1. The summed E-state index contributed by atoms with van der Waals surface area (Å²) in [6.07, 6.45) is 1.47. The van der Waals surface area contributed by atoms with Crippen molar-refractivity contribution in [2.75, 3.05) is 20.1 Å². The van der Waals surface area contributed by atoms with E-state index in [1.807, 2.05) is 12.1 Å². The lowest BCUT2D eigenvalue weighted by Crippen LogP contribution is -2.38. The fourth-order valence-corrected chi connectivity index (χ4v) is 2.87. The standard InChI is InChI=1S/C22H23FN4O2/c1-27(21(28)15-24-22(29)17-6-3-2-4-7-17)13-5-8-19-14-20(26-25-19)16-9-11-18(23)12-10-16/h2-4,6-7,9-12,14H,5,8,13,15H2,1H3,(H,24,29)(H,25,26). The highest BCUT2D eigenvalue weighted by Crippen LogP contribution is 2.18. The summed E-state index contributed by atoms with van der Waals surface area (Å²) in [4.78, 5) is 25.8. The molecule has 0 unspecified atom stereocenters. The number of nitrogens with one attached hydrogen (secondary N) is 2. The Labute approximate surface area is 168 Å². The van der Waals surface area contributed by atoms with Gasteiger partial charge in [0.05, 0.1) is 12.2 Å². The lowest BCUT2D eigenvalue weighted by Gasteiger charge is -2.17. The Kier molecular flexibility index (Phi) is 6.73. The number of likely N-dealkylation sites (N-methyl/N-ethyl adjacent to an activating group) is 1. The minimum Gasteiger partial charge on any atom is -0.344 e. The highest BCUT2D eigenvalue weighted by molar-refractivity contribution is 5.96. The molecule has 0 radical (unpaired) electrons. The first-order chi connectivity index (χ1) is 14.0. The Morgan fingerprint density at radius 1 is 1.10 bits per heavy atom. The first kappa shape index (κ1) is 20.3. The number of aromatic nitrogens is 2. The van der Waals surface area contributed by atoms with Crippen LogP contribution in [0.1, 0.15) is 22.5 Å². The van der Waals surface area contributed by atoms with Crippen molar-refractivity contribution in [3.05, 3.63) is 77.7 Å². The van der Waals surface area contributed by atoms with Crippen LogP contribution in [0.25, 0.3) is 11.3 Å². The highest BCUT2D eigenvalue weighted by Gasteiger charge is 2.12. The Hall–Kier alpha value is -3.48. The van der Waals surface area contributed by atoms with Gasteiger partial charge in [0, 0.05) is 30.4 Å². The Morgan fingerprint density at radius 3 is 2.55 bits per heavy atom. The molecule has 3 rings (SSSR count). The normalized spacial score (nSPS) is 10.6. The van der Waals surface area contributed by atoms with Crippen molar-refractivity contribution in [3.8, 4) is 11.3 Å². The number of carbonyl (C=O) groups excluding carboxylic acids is 2. The fourth-order valence-electron chi connectivity index (χ4n) is 2.87. The zero-order valence-electron chi connectivity index (χ0n) is 16.2. The van der Waals surface area contributed by atoms with E-state index in [-0.39, 0.29) is 24.2 Å². The molecule has 3 aromatic rings. The third kappa shape index (κ3) is 5.75. The molecule has 150 valence electrons. The molecule has 2 N–H and O–H groups in total. The van der Waals surface area contributed by atoms with Gasteiger partial charge in [0.2, 0.25) is 5.91 Å². The molecular weight excluding hydrogens is 371 g/mol. The van der Waals surface area contributed by atoms with Crippen LogP contribution in [0.4, 0.5) is 4.39 Å². The van der Waals surface area contributed by atoms with Gasteiger partial charge in [-0.15, -0.1) is 0 Å². The average Bonchev–Trinajstić information content (AvgIpc) is 3.21. The maximum atomic E-state index is 13.0. The number of aromatic amines is 1. The third-order valence-corrected chi connectivity index (χ3v) is 4.57. The SMILES string of the molecule is CN(CCCc1cc(-c2ccc(F)cc2)n[nH]1)C(=O)CNC(=O)c1ccccc1. The Morgan fingerprint density at radius 2 is 1.83 bits per heavy atom. The lowest BCUT2D eigenvalue weighted by molar-refractivity contribution is -0.128. The largest absolute Gasteiger partial charge is 0.344 e. The summed E-state index contributed by atoms with van der Waals surface area (Å²) in [5.74, 6) is -0.693. The zero-order chi connectivity index (χ0) is 20.6. The number of hydrogen-bond acceptors (Lipinski definition) is 3. The van der Waals surface area contributed by atoms with Crippen molar-refractivity contribution in [3.63, 3.8) is 0 Å². The molecular formula is C22H23FN4O2. The minimum atomic E-state index is -0.280. The molecule has 1 aromatic heterocycles. The number of aryl methyl sites for hydroxylation is 1. The smallest absolute Gasteiger partial charge is 0.251 e. The summed E-state index contributed by atoms with van der Waals surface area (Å²) >= 11 is 0. The van der Waals surface area contributed by atoms with E-state index in [1.165, 1.54) is 12.1 Å². The Balaban J connectivity index is 1.41. The molecule has 0 aliphatic carbocycles. The van der Waals surface area contributed by atoms with Crippen molar-refractivity contribution >= 4 is 11.8 Å². The van der Waals surface area contributed by atoms with Gasteiger partial charge >= 0.3 is 0 Å². The number of benzene rings is 2. The molecule has 0 fully saturated rings. The molecule has 0 aliphatic rings. The van der Waals surface area contributed by atoms with Crippen LogP contribution < -0.4 is 5.32 Å². The molecule has 6 nitrogen and oxygen atoms in total. The van der Waals surface area contributed by atoms with Crippen molar-refractivity contribution in [1.82, 2.24) is 20.4 Å². The summed E-state index contributed by atoms with van der Waals surface area (Å²) in [5, 5.41) is 9.87. The molecule has 7 heteroatoms. The summed E-state index contributed by atoms with van der Waals surface area (Å²) in [7, 11) is 1.72. The van der Waals surface area contributed by atoms with Crippen LogP contribution in [0.15, 0.2) is 60.7 Å². The number of nitrogens with zero attached hydrogens (tertiary/aromatic N) is 2. The number of H-pyrrole nitrogens is 1. The molecule has 0 spiro atoms. The van der Waals surface area contributed by atoms with Crippen LogP contribution in [-0.2, 0) is 11.2 Å². The minimum absolute atomic E-state index is 0.0387. The van der Waals surface area contributed by atoms with Gasteiger partial charge in [-0.2, -0.15) is 5.10 Å². The molecule has 0 atom stereocenters. The zero-order valence-corrected chi connectivity index (χ0v) is 16.2. The van der Waals surface area contributed by atoms with Gasteiger partial charge in [-0.1, -0.05) is 18.2 Å². The van der Waals surface area contributed by atoms with Crippen molar-refractivity contribution in [2.24, 2.45) is 0 Å². The number of halogens is 1. The van der Waals surface area contributed by atoms with E-state index in [9.17, 15) is 14.0 Å². The van der Waals surface area contributed by atoms with Crippen LogP contribution in [0, 0.1) is 5.82 Å². The molecule has 0 aliphatic heterocycles. The summed E-state index contributed by atoms with van der Waals surface area (Å²) < 4.78 is 13.0. The van der Waals surface area contributed by atoms with Gasteiger partial charge in [0.25, 0.3) is 5.91 Å². The predicted octanol–water partition coefficient (Wildman–Crippen LogP) is 3.04. The summed E-state index contributed by atoms with van der Waals surface area (Å²) in [6, 6.07) is 16.9. The average molecular weight is 394 g/mol. The number of rotatable bonds is 8. The third-order valence-electron chi connectivity index (χ3n) is 4.57. The predicted molar refractivity (Wildman–Crippen MR) is 109 cm³/mol. The molecule has 2 aromatic carbocycles. The molecule has 1 heterocycles. The van der Waals surface area contributed by atoms with Crippen LogP contribution in [0.5, 0.6) is 0 Å². The fraction of sp³-hybridized carbons (Fsp3) is 0.227. The monoisotopic (exact) mass is 394 g/mol. The second-order valence-electron chi connectivity index (χ2n) is 6.75. The van der Waals surface area contributed by atoms with E-state index in [2.05, 4.69) is 15.5 Å². The van der Waals surface area contributed by atoms with Crippen molar-refractivity contribution in [2.45, 2.75) is 12.8 Å². The van der Waals surface area contributed by atoms with Crippen LogP contribution in [-0.4, -0.2) is 47.0 Å². The second kappa shape index (κ2) is 9.64. The summed E-state index contributed by atoms with van der Waals surface area (Å²) in [6.45, 7) is 0.522. The van der Waals surface area contributed by atoms with E-state index in [1.54, 1.807) is 48.3 Å². The molecule has 0 saturated heterocycles. The van der Waals surface area contributed by atoms with E-state index >= 15 is 0 Å². The van der Waals surface area contributed by atoms with Crippen LogP contribution in [0.2, 0.25) is 0 Å². The number of hydrogen-bond donors (Lipinski definition) is 2. The first-order valence-electron chi connectivity index (χ1n) is 9.40. The van der Waals surface area contributed by atoms with Crippen molar-refractivity contribution < 1.29 is 14.0 Å². The Bertz CT molecular complexity index is 954. The molecule has 0 saturated carbocycles. The molecule has 29 heavy (non-hydrogen) atoms. The van der Waals surface area contributed by atoms with E-state index in [0.29, 0.717) is 12.1 Å². The van der Waals surface area contributed by atoms with Gasteiger partial charge in [-0.25, -0.2) is 4.39 Å². The van der Waals surface area contributed by atoms with Crippen LogP contribution >= 0.6 is 0 Å². The maximum Gasteiger partial charge on any atom is 0.251 e.